The summed E-state index contributed by atoms with van der Waals surface area (Å²) in [5, 5.41) is 0. The van der Waals surface area contributed by atoms with Gasteiger partial charge in [-0.25, -0.2) is 31.9 Å². The lowest BCUT2D eigenvalue weighted by Gasteiger charge is -2.08. The molecule has 0 aliphatic heterocycles. The first-order chi connectivity index (χ1) is 8.90. The number of hydrogen-bond donors (Lipinski definition) is 2. The van der Waals surface area contributed by atoms with Crippen molar-refractivity contribution in [3.8, 4) is 0 Å². The molecule has 0 unspecified atom stereocenters. The van der Waals surface area contributed by atoms with E-state index in [1.807, 2.05) is 4.72 Å². The summed E-state index contributed by atoms with van der Waals surface area (Å²) >= 11 is 0. The zero-order chi connectivity index (χ0) is 14.0. The summed E-state index contributed by atoms with van der Waals surface area (Å²) in [4.78, 5) is 6.33. The summed E-state index contributed by atoms with van der Waals surface area (Å²) in [6, 6.07) is 2.97. The Kier molecular flexibility index (Phi) is 3.30. The minimum Gasteiger partial charge on any atom is -0.399 e. The van der Waals surface area contributed by atoms with Crippen LogP contribution in [0.2, 0.25) is 0 Å². The number of nitrogen functional groups attached to an aromatic ring is 1. The van der Waals surface area contributed by atoms with Crippen LogP contribution >= 0.6 is 0 Å². The molecule has 1 aromatic heterocycles. The third-order valence-electron chi connectivity index (χ3n) is 2.10. The van der Waals surface area contributed by atoms with Crippen molar-refractivity contribution in [3.05, 3.63) is 42.2 Å². The molecule has 1 heterocycles. The van der Waals surface area contributed by atoms with E-state index in [1.54, 1.807) is 0 Å². The topological polar surface area (TPSA) is 98.0 Å². The quantitative estimate of drug-likeness (QED) is 0.824. The van der Waals surface area contributed by atoms with E-state index in [9.17, 15) is 17.2 Å². The van der Waals surface area contributed by atoms with Crippen LogP contribution in [-0.4, -0.2) is 18.4 Å². The van der Waals surface area contributed by atoms with Crippen LogP contribution < -0.4 is 10.5 Å². The summed E-state index contributed by atoms with van der Waals surface area (Å²) in [5.74, 6) is -3.13. The molecule has 0 amide bonds. The summed E-state index contributed by atoms with van der Waals surface area (Å²) in [6.07, 6.45) is 2.59. The highest BCUT2D eigenvalue weighted by molar-refractivity contribution is 7.92. The van der Waals surface area contributed by atoms with Crippen molar-refractivity contribution in [3.63, 3.8) is 0 Å². The van der Waals surface area contributed by atoms with E-state index in [0.717, 1.165) is 6.07 Å². The van der Waals surface area contributed by atoms with Crippen LogP contribution in [0.15, 0.2) is 35.5 Å². The maximum Gasteiger partial charge on any atom is 0.267 e. The summed E-state index contributed by atoms with van der Waals surface area (Å²) < 4.78 is 52.3. The predicted molar refractivity (Wildman–Crippen MR) is 63.6 cm³/mol. The second-order valence-electron chi connectivity index (χ2n) is 3.49. The number of hydrogen-bond acceptors (Lipinski definition) is 5. The fourth-order valence-electron chi connectivity index (χ4n) is 1.31. The fraction of sp³-hybridized carbons (Fsp3) is 0. The van der Waals surface area contributed by atoms with Gasteiger partial charge < -0.3 is 5.73 Å². The van der Waals surface area contributed by atoms with Crippen LogP contribution in [0.4, 0.5) is 20.4 Å². The Balaban J connectivity index is 2.46. The molecular weight excluding hydrogens is 278 g/mol. The molecule has 100 valence electrons. The molecule has 0 radical (unpaired) electrons. The standard InChI is InChI=1S/C10H8F2N4O2S/c11-7-4-6(13)5-8(9(7)12)19(17,18)16-10-14-2-1-3-15-10/h1-5H,13H2,(H,14,15,16). The Labute approximate surface area is 107 Å². The van der Waals surface area contributed by atoms with E-state index < -0.39 is 26.6 Å². The van der Waals surface area contributed by atoms with E-state index in [1.165, 1.54) is 18.5 Å². The second kappa shape index (κ2) is 4.76. The normalized spacial score (nSPS) is 11.3. The number of nitrogens with one attached hydrogen (secondary N) is 1. The van der Waals surface area contributed by atoms with E-state index >= 15 is 0 Å². The minimum absolute atomic E-state index is 0.215. The van der Waals surface area contributed by atoms with Crippen LogP contribution in [0.3, 0.4) is 0 Å². The molecular formula is C10H8F2N4O2S. The zero-order valence-electron chi connectivity index (χ0n) is 9.34. The van der Waals surface area contributed by atoms with Crippen molar-refractivity contribution < 1.29 is 17.2 Å². The van der Waals surface area contributed by atoms with Crippen LogP contribution in [0, 0.1) is 11.6 Å². The molecule has 2 rings (SSSR count). The van der Waals surface area contributed by atoms with Crippen LogP contribution in [-0.2, 0) is 10.0 Å². The first-order valence-electron chi connectivity index (χ1n) is 4.94. The highest BCUT2D eigenvalue weighted by atomic mass is 32.2. The predicted octanol–water partition coefficient (Wildman–Crippen LogP) is 1.14. The number of nitrogens with zero attached hydrogens (tertiary/aromatic N) is 2. The number of benzene rings is 1. The molecule has 3 N–H and O–H groups in total. The molecule has 1 aromatic carbocycles. The Hall–Kier alpha value is -2.29. The highest BCUT2D eigenvalue weighted by Gasteiger charge is 2.23. The number of sulfonamides is 1. The lowest BCUT2D eigenvalue weighted by atomic mass is 10.3. The minimum atomic E-state index is -4.36. The third kappa shape index (κ3) is 2.76. The van der Waals surface area contributed by atoms with Crippen molar-refractivity contribution >= 4 is 21.7 Å². The molecule has 6 nitrogen and oxygen atoms in total. The van der Waals surface area contributed by atoms with Crippen molar-refractivity contribution in [2.24, 2.45) is 0 Å². The van der Waals surface area contributed by atoms with Gasteiger partial charge in [0, 0.05) is 18.1 Å². The Morgan fingerprint density at radius 3 is 2.42 bits per heavy atom. The number of aromatic nitrogens is 2. The fourth-order valence-corrected chi connectivity index (χ4v) is 2.39. The highest BCUT2D eigenvalue weighted by Crippen LogP contribution is 2.22. The average molecular weight is 286 g/mol. The van der Waals surface area contributed by atoms with Crippen molar-refractivity contribution in [2.45, 2.75) is 4.90 Å². The summed E-state index contributed by atoms with van der Waals surface area (Å²) in [7, 11) is -4.36. The maximum absolute atomic E-state index is 13.5. The van der Waals surface area contributed by atoms with Crippen molar-refractivity contribution in [2.75, 3.05) is 10.5 Å². The molecule has 0 fully saturated rings. The molecule has 0 saturated carbocycles. The Bertz CT molecular complexity index is 707. The summed E-state index contributed by atoms with van der Waals surface area (Å²) in [6.45, 7) is 0. The molecule has 2 aromatic rings. The van der Waals surface area contributed by atoms with Crippen LogP contribution in [0.5, 0.6) is 0 Å². The van der Waals surface area contributed by atoms with Gasteiger partial charge in [0.25, 0.3) is 10.0 Å². The molecule has 0 spiro atoms. The lowest BCUT2D eigenvalue weighted by Crippen LogP contribution is -2.17. The number of anilines is 2. The second-order valence-corrected chi connectivity index (χ2v) is 5.14. The van der Waals surface area contributed by atoms with Gasteiger partial charge in [0.1, 0.15) is 4.90 Å². The van der Waals surface area contributed by atoms with Gasteiger partial charge in [-0.1, -0.05) is 0 Å². The van der Waals surface area contributed by atoms with Crippen molar-refractivity contribution in [1.29, 1.82) is 0 Å². The van der Waals surface area contributed by atoms with Crippen LogP contribution in [0.25, 0.3) is 0 Å². The van der Waals surface area contributed by atoms with E-state index in [4.69, 9.17) is 5.73 Å². The third-order valence-corrected chi connectivity index (χ3v) is 3.43. The molecule has 0 aliphatic carbocycles. The van der Waals surface area contributed by atoms with Crippen LogP contribution in [0.1, 0.15) is 0 Å². The average Bonchev–Trinajstić information content (AvgIpc) is 2.34. The SMILES string of the molecule is Nc1cc(F)c(F)c(S(=O)(=O)Nc2ncccn2)c1. The molecule has 9 heteroatoms. The molecule has 0 aliphatic rings. The van der Waals surface area contributed by atoms with Gasteiger partial charge >= 0.3 is 0 Å². The van der Waals surface area contributed by atoms with Gasteiger partial charge in [-0.15, -0.1) is 0 Å². The lowest BCUT2D eigenvalue weighted by molar-refractivity contribution is 0.486. The van der Waals surface area contributed by atoms with E-state index in [2.05, 4.69) is 9.97 Å². The number of nitrogens with two attached hydrogens (primary N) is 1. The van der Waals surface area contributed by atoms with Gasteiger partial charge in [0.05, 0.1) is 0 Å². The van der Waals surface area contributed by atoms with Gasteiger partial charge in [-0.3, -0.25) is 0 Å². The van der Waals surface area contributed by atoms with E-state index in [0.29, 0.717) is 6.07 Å². The molecule has 0 bridgehead atoms. The number of rotatable bonds is 3. The monoisotopic (exact) mass is 286 g/mol. The van der Waals surface area contributed by atoms with Crippen molar-refractivity contribution in [1.82, 2.24) is 9.97 Å². The molecule has 0 saturated heterocycles. The molecule has 0 atom stereocenters. The van der Waals surface area contributed by atoms with Gasteiger partial charge in [0.2, 0.25) is 5.95 Å². The van der Waals surface area contributed by atoms with Gasteiger partial charge in [-0.05, 0) is 18.2 Å². The first-order valence-corrected chi connectivity index (χ1v) is 6.43. The first kappa shape index (κ1) is 13.1. The summed E-state index contributed by atoms with van der Waals surface area (Å²) in [5.41, 5.74) is 5.07. The van der Waals surface area contributed by atoms with Gasteiger partial charge in [-0.2, -0.15) is 0 Å². The molecule has 19 heavy (non-hydrogen) atoms. The zero-order valence-corrected chi connectivity index (χ0v) is 10.2. The largest absolute Gasteiger partial charge is 0.399 e. The van der Waals surface area contributed by atoms with Gasteiger partial charge in [0.15, 0.2) is 11.6 Å². The maximum atomic E-state index is 13.5. The smallest absolute Gasteiger partial charge is 0.267 e. The number of halogens is 2. The Morgan fingerprint density at radius 2 is 1.79 bits per heavy atom. The Morgan fingerprint density at radius 1 is 1.16 bits per heavy atom. The van der Waals surface area contributed by atoms with E-state index in [-0.39, 0.29) is 11.6 Å².